The molecule has 11 heteroatoms. The van der Waals surface area contributed by atoms with E-state index in [4.69, 9.17) is 0 Å². The van der Waals surface area contributed by atoms with E-state index in [2.05, 4.69) is 10.1 Å². The lowest BCUT2D eigenvalue weighted by atomic mass is 10.3. The zero-order valence-electron chi connectivity index (χ0n) is 13.3. The number of rotatable bonds is 5. The van der Waals surface area contributed by atoms with Crippen LogP contribution in [0.25, 0.3) is 0 Å². The van der Waals surface area contributed by atoms with Gasteiger partial charge in [-0.25, -0.2) is 17.6 Å². The molecule has 2 aromatic rings. The van der Waals surface area contributed by atoms with Crippen molar-refractivity contribution in [3.8, 4) is 0 Å². The minimum atomic E-state index is -3.98. The first kappa shape index (κ1) is 19.5. The van der Waals surface area contributed by atoms with E-state index in [-0.39, 0.29) is 15.5 Å². The van der Waals surface area contributed by atoms with E-state index in [1.54, 1.807) is 0 Å². The van der Waals surface area contributed by atoms with Gasteiger partial charge in [0, 0.05) is 0 Å². The van der Waals surface area contributed by atoms with Crippen molar-refractivity contribution in [1.29, 1.82) is 0 Å². The molecule has 0 aliphatic heterocycles. The molecule has 0 unspecified atom stereocenters. The van der Waals surface area contributed by atoms with Crippen molar-refractivity contribution in [2.24, 2.45) is 0 Å². The summed E-state index contributed by atoms with van der Waals surface area (Å²) < 4.78 is 41.5. The van der Waals surface area contributed by atoms with E-state index in [9.17, 15) is 27.2 Å². The summed E-state index contributed by atoms with van der Waals surface area (Å²) in [7, 11) is -2.90. The highest BCUT2D eigenvalue weighted by Gasteiger charge is 2.22. The minimum Gasteiger partial charge on any atom is -0.453 e. The molecule has 0 fully saturated rings. The molecule has 0 spiro atoms. The molecule has 2 N–H and O–H groups in total. The minimum absolute atomic E-state index is 0.0204. The fourth-order valence-corrected chi connectivity index (χ4v) is 3.79. The van der Waals surface area contributed by atoms with Gasteiger partial charge < -0.3 is 10.1 Å². The van der Waals surface area contributed by atoms with E-state index in [0.29, 0.717) is 0 Å². The number of anilines is 1. The first-order valence-electron chi connectivity index (χ1n) is 6.98. The van der Waals surface area contributed by atoms with Gasteiger partial charge in [0.1, 0.15) is 16.6 Å². The Morgan fingerprint density at radius 2 is 1.81 bits per heavy atom. The summed E-state index contributed by atoms with van der Waals surface area (Å²) in [5.41, 5.74) is -0.0204. The van der Waals surface area contributed by atoms with Crippen molar-refractivity contribution in [3.63, 3.8) is 0 Å². The Labute approximate surface area is 151 Å². The predicted octanol–water partition coefficient (Wildman–Crippen LogP) is 1.80. The second-order valence-corrected chi connectivity index (χ2v) is 7.78. The molecule has 3 amide bonds. The SMILES string of the molecule is COC(=O)NC(=O)c1ccsc1NC(=O)CS(=O)(=O)c1ccc(F)cc1. The van der Waals surface area contributed by atoms with E-state index in [1.807, 2.05) is 5.32 Å². The van der Waals surface area contributed by atoms with Crippen LogP contribution in [0, 0.1) is 5.82 Å². The normalized spacial score (nSPS) is 10.8. The molecule has 1 aromatic heterocycles. The van der Waals surface area contributed by atoms with Gasteiger partial charge in [-0.15, -0.1) is 11.3 Å². The zero-order valence-corrected chi connectivity index (χ0v) is 14.9. The highest BCUT2D eigenvalue weighted by Crippen LogP contribution is 2.23. The van der Waals surface area contributed by atoms with Crippen molar-refractivity contribution in [3.05, 3.63) is 47.1 Å². The molecule has 2 rings (SSSR count). The quantitative estimate of drug-likeness (QED) is 0.739. The van der Waals surface area contributed by atoms with Crippen LogP contribution >= 0.6 is 11.3 Å². The van der Waals surface area contributed by atoms with Gasteiger partial charge in [-0.3, -0.25) is 14.9 Å². The topological polar surface area (TPSA) is 119 Å². The van der Waals surface area contributed by atoms with Gasteiger partial charge in [0.05, 0.1) is 17.6 Å². The molecule has 0 aliphatic rings. The Morgan fingerprint density at radius 3 is 2.42 bits per heavy atom. The number of carbonyl (C=O) groups excluding carboxylic acids is 3. The number of hydrogen-bond donors (Lipinski definition) is 2. The number of imide groups is 1. The smallest absolute Gasteiger partial charge is 0.413 e. The summed E-state index contributed by atoms with van der Waals surface area (Å²) in [6.45, 7) is 0. The number of halogens is 1. The van der Waals surface area contributed by atoms with Gasteiger partial charge in [0.2, 0.25) is 5.91 Å². The van der Waals surface area contributed by atoms with Crippen LogP contribution in [-0.2, 0) is 19.4 Å². The van der Waals surface area contributed by atoms with Crippen molar-refractivity contribution in [2.75, 3.05) is 18.2 Å². The molecule has 0 saturated carbocycles. The zero-order chi connectivity index (χ0) is 19.3. The molecule has 1 heterocycles. The molecule has 1 aromatic carbocycles. The Bertz CT molecular complexity index is 937. The first-order chi connectivity index (χ1) is 12.2. The van der Waals surface area contributed by atoms with Gasteiger partial charge in [-0.05, 0) is 35.7 Å². The Hall–Kier alpha value is -2.79. The standard InChI is InChI=1S/C15H13FN2O6S2/c1-24-15(21)18-13(20)11-6-7-25-14(11)17-12(19)8-26(22,23)10-4-2-9(16)3-5-10/h2-7H,8H2,1H3,(H,17,19)(H,18,20,21). The van der Waals surface area contributed by atoms with Crippen LogP contribution in [0.1, 0.15) is 10.4 Å². The van der Waals surface area contributed by atoms with Crippen LogP contribution in [0.3, 0.4) is 0 Å². The number of carbonyl (C=O) groups is 3. The molecular weight excluding hydrogens is 387 g/mol. The third-order valence-corrected chi connectivity index (χ3v) is 5.52. The van der Waals surface area contributed by atoms with Gasteiger partial charge in [0.25, 0.3) is 5.91 Å². The molecule has 138 valence electrons. The average molecular weight is 400 g/mol. The molecule has 0 aliphatic carbocycles. The highest BCUT2D eigenvalue weighted by molar-refractivity contribution is 7.92. The number of ether oxygens (including phenoxy) is 1. The number of hydrogen-bond acceptors (Lipinski definition) is 7. The third kappa shape index (κ3) is 4.86. The van der Waals surface area contributed by atoms with E-state index >= 15 is 0 Å². The lowest BCUT2D eigenvalue weighted by molar-refractivity contribution is -0.113. The van der Waals surface area contributed by atoms with Crippen molar-refractivity contribution >= 4 is 44.1 Å². The number of benzene rings is 1. The maximum Gasteiger partial charge on any atom is 0.413 e. The lowest BCUT2D eigenvalue weighted by Gasteiger charge is -2.07. The van der Waals surface area contributed by atoms with Gasteiger partial charge in [-0.2, -0.15) is 0 Å². The first-order valence-corrected chi connectivity index (χ1v) is 9.51. The van der Waals surface area contributed by atoms with E-state index in [0.717, 1.165) is 42.7 Å². The monoisotopic (exact) mass is 400 g/mol. The molecule has 0 bridgehead atoms. The fraction of sp³-hybridized carbons (Fsp3) is 0.133. The third-order valence-electron chi connectivity index (χ3n) is 3.06. The van der Waals surface area contributed by atoms with E-state index in [1.165, 1.54) is 11.4 Å². The number of nitrogens with one attached hydrogen (secondary N) is 2. The Balaban J connectivity index is 2.09. The molecule has 0 atom stereocenters. The Kier molecular flexibility index (Phi) is 6.05. The van der Waals surface area contributed by atoms with Crippen molar-refractivity contribution in [1.82, 2.24) is 5.32 Å². The lowest BCUT2D eigenvalue weighted by Crippen LogP contribution is -2.31. The maximum atomic E-state index is 12.9. The van der Waals surface area contributed by atoms with Gasteiger partial charge in [0.15, 0.2) is 9.84 Å². The number of sulfone groups is 1. The summed E-state index contributed by atoms with van der Waals surface area (Å²) in [4.78, 5) is 34.8. The van der Waals surface area contributed by atoms with Crippen LogP contribution in [0.4, 0.5) is 14.2 Å². The molecule has 26 heavy (non-hydrogen) atoms. The van der Waals surface area contributed by atoms with Gasteiger partial charge >= 0.3 is 6.09 Å². The fourth-order valence-electron chi connectivity index (χ4n) is 1.86. The second-order valence-electron chi connectivity index (χ2n) is 4.87. The number of alkyl carbamates (subject to hydrolysis) is 1. The Morgan fingerprint density at radius 1 is 1.15 bits per heavy atom. The molecule has 0 saturated heterocycles. The number of amides is 3. The molecule has 0 radical (unpaired) electrons. The highest BCUT2D eigenvalue weighted by atomic mass is 32.2. The van der Waals surface area contributed by atoms with Crippen LogP contribution in [-0.4, -0.2) is 39.2 Å². The summed E-state index contributed by atoms with van der Waals surface area (Å²) in [6.07, 6.45) is -0.975. The van der Waals surface area contributed by atoms with Crippen LogP contribution < -0.4 is 10.6 Å². The van der Waals surface area contributed by atoms with Crippen LogP contribution in [0.15, 0.2) is 40.6 Å². The predicted molar refractivity (Wildman–Crippen MR) is 91.3 cm³/mol. The van der Waals surface area contributed by atoms with E-state index < -0.39 is 39.3 Å². The van der Waals surface area contributed by atoms with Crippen LogP contribution in [0.5, 0.6) is 0 Å². The van der Waals surface area contributed by atoms with Gasteiger partial charge in [-0.1, -0.05) is 0 Å². The van der Waals surface area contributed by atoms with Crippen LogP contribution in [0.2, 0.25) is 0 Å². The molecule has 8 nitrogen and oxygen atoms in total. The summed E-state index contributed by atoms with van der Waals surface area (Å²) in [6, 6.07) is 5.41. The maximum absolute atomic E-state index is 12.9. The summed E-state index contributed by atoms with van der Waals surface area (Å²) in [5.74, 6) is -3.19. The number of methoxy groups -OCH3 is 1. The summed E-state index contributed by atoms with van der Waals surface area (Å²) in [5, 5.41) is 5.80. The van der Waals surface area contributed by atoms with Crippen molar-refractivity contribution in [2.45, 2.75) is 4.90 Å². The second kappa shape index (κ2) is 8.06. The number of thiophene rings is 1. The average Bonchev–Trinajstić information content (AvgIpc) is 3.02. The summed E-state index contributed by atoms with van der Waals surface area (Å²) >= 11 is 0.975. The van der Waals surface area contributed by atoms with Crippen molar-refractivity contribution < 1.29 is 31.9 Å². The largest absolute Gasteiger partial charge is 0.453 e. The molecular formula is C15H13FN2O6S2.